The molecule has 1 N–H and O–H groups in total. The first-order valence-corrected chi connectivity index (χ1v) is 3.47. The summed E-state index contributed by atoms with van der Waals surface area (Å²) in [5, 5.41) is 11.5. The highest BCUT2D eigenvalue weighted by Crippen LogP contribution is 2.16. The molecule has 1 saturated heterocycles. The maximum Gasteiger partial charge on any atom is 0.311 e. The summed E-state index contributed by atoms with van der Waals surface area (Å²) >= 11 is 0. The first-order valence-electron chi connectivity index (χ1n) is 3.47. The highest BCUT2D eigenvalue weighted by atomic mass is 16.5. The molecule has 0 aromatic heterocycles. The third kappa shape index (κ3) is 1.49. The Kier molecular flexibility index (Phi) is 2.44. The highest BCUT2D eigenvalue weighted by molar-refractivity contribution is 5.73. The van der Waals surface area contributed by atoms with E-state index in [1.54, 1.807) is 0 Å². The van der Waals surface area contributed by atoms with Crippen LogP contribution in [0.4, 0.5) is 0 Å². The number of methoxy groups -OCH3 is 1. The van der Waals surface area contributed by atoms with Gasteiger partial charge in [0.15, 0.2) is 0 Å². The first-order chi connectivity index (χ1) is 5.29. The molecule has 4 nitrogen and oxygen atoms in total. The number of carbonyl (C=O) groups is 1. The van der Waals surface area contributed by atoms with Crippen LogP contribution in [0.2, 0.25) is 0 Å². The maximum atomic E-state index is 11.0. The third-order valence-electron chi connectivity index (χ3n) is 1.88. The number of nitrogens with one attached hydrogen (secondary N) is 1. The summed E-state index contributed by atoms with van der Waals surface area (Å²) in [6.07, 6.45) is 0. The van der Waals surface area contributed by atoms with Gasteiger partial charge in [-0.25, -0.2) is 0 Å². The van der Waals surface area contributed by atoms with E-state index < -0.39 is 0 Å². The van der Waals surface area contributed by atoms with E-state index in [4.69, 9.17) is 5.26 Å². The predicted octanol–water partition coefficient (Wildman–Crippen LogP) is -0.481. The molecule has 1 aliphatic rings. The molecular formula is C7H10N2O2. The van der Waals surface area contributed by atoms with E-state index in [1.807, 2.05) is 0 Å². The van der Waals surface area contributed by atoms with Gasteiger partial charge in [-0.1, -0.05) is 0 Å². The van der Waals surface area contributed by atoms with Crippen molar-refractivity contribution in [3.63, 3.8) is 0 Å². The minimum Gasteiger partial charge on any atom is -0.469 e. The Morgan fingerprint density at radius 1 is 1.73 bits per heavy atom. The standard InChI is InChI=1S/C7H10N2O2/c1-11-7(10)6-4-9-3-5(6)2-8/h5-6,9H,3-4H2,1H3. The van der Waals surface area contributed by atoms with Crippen LogP contribution in [0.5, 0.6) is 0 Å². The molecule has 0 aromatic carbocycles. The fraction of sp³-hybridized carbons (Fsp3) is 0.714. The van der Waals surface area contributed by atoms with Crippen molar-refractivity contribution in [2.24, 2.45) is 11.8 Å². The Hall–Kier alpha value is -1.08. The fourth-order valence-electron chi connectivity index (χ4n) is 1.21. The van der Waals surface area contributed by atoms with E-state index in [2.05, 4.69) is 16.1 Å². The normalized spacial score (nSPS) is 29.5. The van der Waals surface area contributed by atoms with E-state index in [1.165, 1.54) is 7.11 Å². The molecule has 1 fully saturated rings. The molecule has 0 bridgehead atoms. The fourth-order valence-corrected chi connectivity index (χ4v) is 1.21. The van der Waals surface area contributed by atoms with Crippen molar-refractivity contribution < 1.29 is 9.53 Å². The molecule has 11 heavy (non-hydrogen) atoms. The molecule has 0 radical (unpaired) electrons. The summed E-state index contributed by atoms with van der Waals surface area (Å²) in [6.45, 7) is 1.15. The average molecular weight is 154 g/mol. The van der Waals surface area contributed by atoms with Gasteiger partial charge in [-0.15, -0.1) is 0 Å². The zero-order valence-electron chi connectivity index (χ0n) is 6.33. The molecule has 1 rings (SSSR count). The van der Waals surface area contributed by atoms with Gasteiger partial charge in [0.05, 0.1) is 25.0 Å². The summed E-state index contributed by atoms with van der Waals surface area (Å²) in [7, 11) is 1.34. The van der Waals surface area contributed by atoms with Crippen molar-refractivity contribution in [3.8, 4) is 6.07 Å². The van der Waals surface area contributed by atoms with E-state index in [0.717, 1.165) is 0 Å². The number of esters is 1. The Balaban J connectivity index is 2.58. The number of hydrogen-bond donors (Lipinski definition) is 1. The monoisotopic (exact) mass is 154 g/mol. The molecule has 2 atom stereocenters. The molecule has 1 aliphatic heterocycles. The SMILES string of the molecule is COC(=O)C1CNCC1C#N. The van der Waals surface area contributed by atoms with Crippen molar-refractivity contribution in [3.05, 3.63) is 0 Å². The molecule has 0 aliphatic carbocycles. The number of nitriles is 1. The lowest BCUT2D eigenvalue weighted by Gasteiger charge is -2.07. The van der Waals surface area contributed by atoms with Crippen LogP contribution in [-0.2, 0) is 9.53 Å². The van der Waals surface area contributed by atoms with E-state index in [9.17, 15) is 4.79 Å². The summed E-state index contributed by atoms with van der Waals surface area (Å²) in [5.74, 6) is -0.783. The van der Waals surface area contributed by atoms with Crippen molar-refractivity contribution in [1.29, 1.82) is 5.26 Å². The average Bonchev–Trinajstić information content (AvgIpc) is 2.50. The van der Waals surface area contributed by atoms with Crippen LogP contribution in [0.25, 0.3) is 0 Å². The van der Waals surface area contributed by atoms with Gasteiger partial charge < -0.3 is 10.1 Å². The van der Waals surface area contributed by atoms with Gasteiger partial charge in [0.25, 0.3) is 0 Å². The zero-order valence-corrected chi connectivity index (χ0v) is 6.33. The quantitative estimate of drug-likeness (QED) is 0.518. The molecule has 2 unspecified atom stereocenters. The lowest BCUT2D eigenvalue weighted by atomic mass is 9.98. The zero-order chi connectivity index (χ0) is 8.27. The summed E-state index contributed by atoms with van der Waals surface area (Å²) in [4.78, 5) is 11.0. The second-order valence-corrected chi connectivity index (χ2v) is 2.52. The van der Waals surface area contributed by atoms with E-state index in [0.29, 0.717) is 13.1 Å². The Morgan fingerprint density at radius 3 is 3.00 bits per heavy atom. The smallest absolute Gasteiger partial charge is 0.311 e. The van der Waals surface area contributed by atoms with Crippen LogP contribution < -0.4 is 5.32 Å². The van der Waals surface area contributed by atoms with Crippen LogP contribution in [0.15, 0.2) is 0 Å². The second kappa shape index (κ2) is 3.35. The van der Waals surface area contributed by atoms with Crippen molar-refractivity contribution in [2.75, 3.05) is 20.2 Å². The lowest BCUT2D eigenvalue weighted by molar-refractivity contribution is -0.145. The number of rotatable bonds is 1. The molecule has 0 saturated carbocycles. The molecular weight excluding hydrogens is 144 g/mol. The van der Waals surface area contributed by atoms with E-state index in [-0.39, 0.29) is 17.8 Å². The van der Waals surface area contributed by atoms with Crippen molar-refractivity contribution in [2.45, 2.75) is 0 Å². The molecule has 0 spiro atoms. The lowest BCUT2D eigenvalue weighted by Crippen LogP contribution is -2.23. The maximum absolute atomic E-state index is 11.0. The minimum absolute atomic E-state index is 0.220. The van der Waals surface area contributed by atoms with Gasteiger partial charge in [0.1, 0.15) is 0 Å². The molecule has 0 aromatic rings. The number of nitrogens with zero attached hydrogens (tertiary/aromatic N) is 1. The van der Waals surface area contributed by atoms with Crippen LogP contribution >= 0.6 is 0 Å². The first kappa shape index (κ1) is 8.02. The molecule has 60 valence electrons. The van der Waals surface area contributed by atoms with Crippen molar-refractivity contribution >= 4 is 5.97 Å². The van der Waals surface area contributed by atoms with Gasteiger partial charge in [0, 0.05) is 13.1 Å². The van der Waals surface area contributed by atoms with Gasteiger partial charge in [-0.05, 0) is 0 Å². The van der Waals surface area contributed by atoms with Crippen molar-refractivity contribution in [1.82, 2.24) is 5.32 Å². The summed E-state index contributed by atoms with van der Waals surface area (Å²) < 4.78 is 4.54. The number of ether oxygens (including phenoxy) is 1. The number of carbonyl (C=O) groups excluding carboxylic acids is 1. The molecule has 4 heteroatoms. The van der Waals surface area contributed by atoms with Gasteiger partial charge in [-0.3, -0.25) is 4.79 Å². The number of hydrogen-bond acceptors (Lipinski definition) is 4. The van der Waals surface area contributed by atoms with Gasteiger partial charge >= 0.3 is 5.97 Å². The molecule has 1 heterocycles. The largest absolute Gasteiger partial charge is 0.469 e. The predicted molar refractivity (Wildman–Crippen MR) is 37.5 cm³/mol. The van der Waals surface area contributed by atoms with E-state index >= 15 is 0 Å². The third-order valence-corrected chi connectivity index (χ3v) is 1.88. The Bertz CT molecular complexity index is 197. The second-order valence-electron chi connectivity index (χ2n) is 2.52. The van der Waals surface area contributed by atoms with Crippen LogP contribution in [0, 0.1) is 23.2 Å². The van der Waals surface area contributed by atoms with Crippen LogP contribution in [0.1, 0.15) is 0 Å². The van der Waals surface area contributed by atoms with Crippen LogP contribution in [-0.4, -0.2) is 26.2 Å². The van der Waals surface area contributed by atoms with Gasteiger partial charge in [0.2, 0.25) is 0 Å². The Labute approximate surface area is 65.1 Å². The van der Waals surface area contributed by atoms with Crippen LogP contribution in [0.3, 0.4) is 0 Å². The minimum atomic E-state index is -0.290. The topological polar surface area (TPSA) is 62.1 Å². The van der Waals surface area contributed by atoms with Gasteiger partial charge in [-0.2, -0.15) is 5.26 Å². The highest BCUT2D eigenvalue weighted by Gasteiger charge is 2.33. The molecule has 0 amide bonds. The summed E-state index contributed by atoms with van der Waals surface area (Å²) in [5.41, 5.74) is 0. The summed E-state index contributed by atoms with van der Waals surface area (Å²) in [6, 6.07) is 2.07. The Morgan fingerprint density at radius 2 is 2.45 bits per heavy atom.